The van der Waals surface area contributed by atoms with Gasteiger partial charge in [-0.05, 0) is 19.1 Å². The summed E-state index contributed by atoms with van der Waals surface area (Å²) >= 11 is 6.01. The van der Waals surface area contributed by atoms with Crippen molar-refractivity contribution in [3.63, 3.8) is 0 Å². The fourth-order valence-corrected chi connectivity index (χ4v) is 1.78. The summed E-state index contributed by atoms with van der Waals surface area (Å²) in [6.45, 7) is 1.88. The molecule has 0 saturated carbocycles. The summed E-state index contributed by atoms with van der Waals surface area (Å²) < 4.78 is 0. The maximum atomic E-state index is 6.01. The van der Waals surface area contributed by atoms with E-state index in [0.717, 1.165) is 16.5 Å². The molecule has 0 saturated heterocycles. The molecule has 0 aliphatic rings. The molecule has 0 radical (unpaired) electrons. The highest BCUT2D eigenvalue weighted by atomic mass is 35.5. The molecule has 4 N–H and O–H groups in total. The molecule has 5 heteroatoms. The van der Waals surface area contributed by atoms with Gasteiger partial charge in [-0.25, -0.2) is 4.98 Å². The lowest BCUT2D eigenvalue weighted by Crippen LogP contribution is -2.09. The number of hydrogen-bond donors (Lipinski definition) is 2. The standard InChI is InChI=1S/C11H12ClN3.ClH/c1-6(13)8-5-7-3-2-4-9(12)10(7)15-11(8)14;/h2-6H,13H2,1H3,(H2,14,15);1H/t6-;/m0./s1. The Morgan fingerprint density at radius 2 is 2.06 bits per heavy atom. The highest BCUT2D eigenvalue weighted by molar-refractivity contribution is 6.35. The molecule has 86 valence electrons. The lowest BCUT2D eigenvalue weighted by molar-refractivity contribution is 0.818. The van der Waals surface area contributed by atoms with E-state index >= 15 is 0 Å². The number of pyridine rings is 1. The van der Waals surface area contributed by atoms with Crippen molar-refractivity contribution < 1.29 is 0 Å². The lowest BCUT2D eigenvalue weighted by Gasteiger charge is -2.10. The smallest absolute Gasteiger partial charge is 0.128 e. The third kappa shape index (κ3) is 2.21. The molecule has 0 aliphatic heterocycles. The van der Waals surface area contributed by atoms with Crippen molar-refractivity contribution in [1.82, 2.24) is 4.98 Å². The first-order valence-corrected chi connectivity index (χ1v) is 5.07. The van der Waals surface area contributed by atoms with Crippen LogP contribution in [0.5, 0.6) is 0 Å². The number of benzene rings is 1. The average molecular weight is 258 g/mol. The van der Waals surface area contributed by atoms with Gasteiger partial charge in [0.15, 0.2) is 0 Å². The van der Waals surface area contributed by atoms with Crippen molar-refractivity contribution in [2.75, 3.05) is 5.73 Å². The monoisotopic (exact) mass is 257 g/mol. The third-order valence-electron chi connectivity index (χ3n) is 2.35. The number of halogens is 2. The van der Waals surface area contributed by atoms with Crippen LogP contribution in [0.3, 0.4) is 0 Å². The van der Waals surface area contributed by atoms with E-state index in [4.69, 9.17) is 23.1 Å². The van der Waals surface area contributed by atoms with Crippen LogP contribution in [0.1, 0.15) is 18.5 Å². The minimum atomic E-state index is -0.124. The molecule has 2 rings (SSSR count). The van der Waals surface area contributed by atoms with Crippen molar-refractivity contribution in [1.29, 1.82) is 0 Å². The molecular formula is C11H13Cl2N3. The van der Waals surface area contributed by atoms with Crippen LogP contribution in [-0.4, -0.2) is 4.98 Å². The van der Waals surface area contributed by atoms with Gasteiger partial charge >= 0.3 is 0 Å². The fraction of sp³-hybridized carbons (Fsp3) is 0.182. The first kappa shape index (κ1) is 13.0. The Balaban J connectivity index is 0.00000128. The van der Waals surface area contributed by atoms with Crippen molar-refractivity contribution in [2.45, 2.75) is 13.0 Å². The van der Waals surface area contributed by atoms with E-state index in [1.54, 1.807) is 6.07 Å². The van der Waals surface area contributed by atoms with Crippen LogP contribution < -0.4 is 11.5 Å². The zero-order valence-electron chi connectivity index (χ0n) is 8.77. The van der Waals surface area contributed by atoms with Gasteiger partial charge in [0.2, 0.25) is 0 Å². The molecule has 0 fully saturated rings. The van der Waals surface area contributed by atoms with Crippen molar-refractivity contribution in [2.24, 2.45) is 5.73 Å². The Morgan fingerprint density at radius 3 is 2.69 bits per heavy atom. The molecule has 1 heterocycles. The van der Waals surface area contributed by atoms with Gasteiger partial charge in [-0.1, -0.05) is 23.7 Å². The third-order valence-corrected chi connectivity index (χ3v) is 2.65. The summed E-state index contributed by atoms with van der Waals surface area (Å²) in [5.74, 6) is 0.450. The van der Waals surface area contributed by atoms with E-state index in [9.17, 15) is 0 Å². The number of nitrogens with zero attached hydrogens (tertiary/aromatic N) is 1. The SMILES string of the molecule is C[C@H](N)c1cc2cccc(Cl)c2nc1N.Cl. The van der Waals surface area contributed by atoms with Gasteiger partial charge in [0.1, 0.15) is 5.82 Å². The highest BCUT2D eigenvalue weighted by Crippen LogP contribution is 2.26. The van der Waals surface area contributed by atoms with Crippen LogP contribution in [-0.2, 0) is 0 Å². The maximum absolute atomic E-state index is 6.01. The van der Waals surface area contributed by atoms with Gasteiger partial charge in [-0.3, -0.25) is 0 Å². The Bertz CT molecular complexity index is 512. The van der Waals surface area contributed by atoms with Crippen molar-refractivity contribution in [3.8, 4) is 0 Å². The molecule has 16 heavy (non-hydrogen) atoms. The number of fused-ring (bicyclic) bond motifs is 1. The van der Waals surface area contributed by atoms with Crippen LogP contribution in [0, 0.1) is 0 Å². The van der Waals surface area contributed by atoms with Gasteiger partial charge < -0.3 is 11.5 Å². The van der Waals surface area contributed by atoms with Gasteiger partial charge in [-0.2, -0.15) is 0 Å². The molecule has 0 aliphatic carbocycles. The molecule has 0 unspecified atom stereocenters. The van der Waals surface area contributed by atoms with Gasteiger partial charge in [0, 0.05) is 17.0 Å². The summed E-state index contributed by atoms with van der Waals surface area (Å²) in [6, 6.07) is 7.43. The summed E-state index contributed by atoms with van der Waals surface area (Å²) in [5.41, 5.74) is 13.2. The number of para-hydroxylation sites is 1. The number of nitrogens with two attached hydrogens (primary N) is 2. The van der Waals surface area contributed by atoms with E-state index in [2.05, 4.69) is 4.98 Å². The quantitative estimate of drug-likeness (QED) is 0.826. The normalized spacial score (nSPS) is 12.2. The number of hydrogen-bond acceptors (Lipinski definition) is 3. The Morgan fingerprint density at radius 1 is 1.38 bits per heavy atom. The predicted molar refractivity (Wildman–Crippen MR) is 71.0 cm³/mol. The summed E-state index contributed by atoms with van der Waals surface area (Å²) in [6.07, 6.45) is 0. The minimum Gasteiger partial charge on any atom is -0.383 e. The molecule has 0 bridgehead atoms. The second-order valence-corrected chi connectivity index (χ2v) is 3.97. The highest BCUT2D eigenvalue weighted by Gasteiger charge is 2.09. The topological polar surface area (TPSA) is 64.9 Å². The molecule has 0 spiro atoms. The second-order valence-electron chi connectivity index (χ2n) is 3.56. The van der Waals surface area contributed by atoms with Crippen LogP contribution in [0.4, 0.5) is 5.82 Å². The number of anilines is 1. The first-order valence-electron chi connectivity index (χ1n) is 4.70. The van der Waals surface area contributed by atoms with Gasteiger partial charge in [0.05, 0.1) is 10.5 Å². The Labute approximate surface area is 105 Å². The maximum Gasteiger partial charge on any atom is 0.128 e. The molecular weight excluding hydrogens is 245 g/mol. The van der Waals surface area contributed by atoms with Crippen LogP contribution in [0.2, 0.25) is 5.02 Å². The largest absolute Gasteiger partial charge is 0.383 e. The van der Waals surface area contributed by atoms with E-state index in [1.165, 1.54) is 0 Å². The zero-order valence-corrected chi connectivity index (χ0v) is 10.3. The molecule has 1 aromatic carbocycles. The van der Waals surface area contributed by atoms with Gasteiger partial charge in [-0.15, -0.1) is 12.4 Å². The summed E-state index contributed by atoms with van der Waals surface area (Å²) in [4.78, 5) is 4.26. The van der Waals surface area contributed by atoms with Crippen LogP contribution in [0.25, 0.3) is 10.9 Å². The predicted octanol–water partition coefficient (Wildman–Crippen LogP) is 2.91. The Kier molecular flexibility index (Phi) is 3.97. The molecule has 0 amide bonds. The van der Waals surface area contributed by atoms with E-state index in [-0.39, 0.29) is 18.4 Å². The molecule has 1 aromatic heterocycles. The van der Waals surface area contributed by atoms with E-state index in [1.807, 2.05) is 25.1 Å². The number of rotatable bonds is 1. The molecule has 2 aromatic rings. The fourth-order valence-electron chi connectivity index (χ4n) is 1.56. The molecule has 1 atom stereocenters. The molecule has 3 nitrogen and oxygen atoms in total. The van der Waals surface area contributed by atoms with Crippen LogP contribution >= 0.6 is 24.0 Å². The van der Waals surface area contributed by atoms with Crippen molar-refractivity contribution >= 4 is 40.7 Å². The summed E-state index contributed by atoms with van der Waals surface area (Å²) in [5, 5.41) is 1.57. The summed E-state index contributed by atoms with van der Waals surface area (Å²) in [7, 11) is 0. The van der Waals surface area contributed by atoms with Crippen molar-refractivity contribution in [3.05, 3.63) is 34.9 Å². The zero-order chi connectivity index (χ0) is 11.0. The number of aromatic nitrogens is 1. The van der Waals surface area contributed by atoms with Crippen LogP contribution in [0.15, 0.2) is 24.3 Å². The second kappa shape index (κ2) is 4.87. The lowest BCUT2D eigenvalue weighted by atomic mass is 10.1. The first-order chi connectivity index (χ1) is 7.09. The minimum absolute atomic E-state index is 0. The van der Waals surface area contributed by atoms with Gasteiger partial charge in [0.25, 0.3) is 0 Å². The average Bonchev–Trinajstić information content (AvgIpc) is 2.18. The number of nitrogen functional groups attached to an aromatic ring is 1. The Hall–Kier alpha value is -1.03. The van der Waals surface area contributed by atoms with E-state index in [0.29, 0.717) is 10.8 Å². The van der Waals surface area contributed by atoms with E-state index < -0.39 is 0 Å².